The molecule has 2 N–H and O–H groups in total. The van der Waals surface area contributed by atoms with Gasteiger partial charge in [0.25, 0.3) is 0 Å². The van der Waals surface area contributed by atoms with Crippen LogP contribution in [-0.2, 0) is 10.2 Å². The average molecular weight is 343 g/mol. The zero-order valence-electron chi connectivity index (χ0n) is 11.4. The molecular weight excluding hydrogens is 328 g/mol. The highest BCUT2D eigenvalue weighted by molar-refractivity contribution is 9.10. The van der Waals surface area contributed by atoms with Gasteiger partial charge in [-0.2, -0.15) is 0 Å². The van der Waals surface area contributed by atoms with Crippen LogP contribution in [0.2, 0.25) is 0 Å². The predicted octanol–water partition coefficient (Wildman–Crippen LogP) is 3.37. The second kappa shape index (κ2) is 4.68. The van der Waals surface area contributed by atoms with Crippen LogP contribution in [0.3, 0.4) is 0 Å². The Balaban J connectivity index is 1.86. The molecule has 2 aromatic carbocycles. The molecule has 0 bridgehead atoms. The van der Waals surface area contributed by atoms with E-state index in [0.717, 1.165) is 34.3 Å². The van der Waals surface area contributed by atoms with Gasteiger partial charge in [-0.25, -0.2) is 0 Å². The van der Waals surface area contributed by atoms with Crippen molar-refractivity contribution in [2.75, 3.05) is 11.9 Å². The molecule has 21 heavy (non-hydrogen) atoms. The second-order valence-corrected chi connectivity index (χ2v) is 6.58. The number of benzene rings is 2. The van der Waals surface area contributed by atoms with Gasteiger partial charge in [-0.15, -0.1) is 0 Å². The maximum absolute atomic E-state index is 12.7. The number of hydrogen-bond donors (Lipinski definition) is 2. The van der Waals surface area contributed by atoms with E-state index in [0.29, 0.717) is 0 Å². The SMILES string of the molecule is O=C1Nc2ccccc2[C@@]12CCN[C@H]2c1ccc(Br)cc1. The van der Waals surface area contributed by atoms with Gasteiger partial charge in [0.05, 0.1) is 11.5 Å². The van der Waals surface area contributed by atoms with E-state index in [2.05, 4.69) is 44.8 Å². The molecule has 1 saturated heterocycles. The molecule has 4 rings (SSSR count). The van der Waals surface area contributed by atoms with Crippen LogP contribution in [0, 0.1) is 0 Å². The molecule has 2 aliphatic rings. The van der Waals surface area contributed by atoms with Crippen molar-refractivity contribution in [3.63, 3.8) is 0 Å². The molecule has 106 valence electrons. The molecule has 2 aromatic rings. The smallest absolute Gasteiger partial charge is 0.237 e. The van der Waals surface area contributed by atoms with E-state index in [4.69, 9.17) is 0 Å². The lowest BCUT2D eigenvalue weighted by atomic mass is 9.73. The number of amides is 1. The Morgan fingerprint density at radius 2 is 1.86 bits per heavy atom. The highest BCUT2D eigenvalue weighted by atomic mass is 79.9. The largest absolute Gasteiger partial charge is 0.325 e. The van der Waals surface area contributed by atoms with Gasteiger partial charge in [0, 0.05) is 10.2 Å². The van der Waals surface area contributed by atoms with Gasteiger partial charge in [-0.05, 0) is 42.3 Å². The van der Waals surface area contributed by atoms with E-state index >= 15 is 0 Å². The Morgan fingerprint density at radius 3 is 2.67 bits per heavy atom. The fraction of sp³-hybridized carbons (Fsp3) is 0.235. The van der Waals surface area contributed by atoms with Crippen LogP contribution in [0.5, 0.6) is 0 Å². The molecule has 0 saturated carbocycles. The fourth-order valence-corrected chi connectivity index (χ4v) is 3.93. The molecule has 0 unspecified atom stereocenters. The molecule has 2 atom stereocenters. The van der Waals surface area contributed by atoms with E-state index in [1.165, 1.54) is 0 Å². The Hall–Kier alpha value is -1.65. The number of anilines is 1. The summed E-state index contributed by atoms with van der Waals surface area (Å²) in [7, 11) is 0. The summed E-state index contributed by atoms with van der Waals surface area (Å²) < 4.78 is 1.05. The molecule has 0 radical (unpaired) electrons. The summed E-state index contributed by atoms with van der Waals surface area (Å²) in [6, 6.07) is 16.3. The number of hydrogen-bond acceptors (Lipinski definition) is 2. The van der Waals surface area contributed by atoms with Crippen LogP contribution >= 0.6 is 15.9 Å². The molecule has 4 heteroatoms. The number of fused-ring (bicyclic) bond motifs is 2. The predicted molar refractivity (Wildman–Crippen MR) is 86.3 cm³/mol. The van der Waals surface area contributed by atoms with Crippen LogP contribution in [0.15, 0.2) is 53.0 Å². The Kier molecular flexibility index (Phi) is 2.91. The summed E-state index contributed by atoms with van der Waals surface area (Å²) in [5.41, 5.74) is 2.74. The van der Waals surface area contributed by atoms with Crippen molar-refractivity contribution in [3.05, 3.63) is 64.1 Å². The Labute approximate surface area is 131 Å². The number of halogens is 1. The second-order valence-electron chi connectivity index (χ2n) is 5.66. The quantitative estimate of drug-likeness (QED) is 0.834. The minimum Gasteiger partial charge on any atom is -0.325 e. The van der Waals surface area contributed by atoms with Crippen molar-refractivity contribution in [1.29, 1.82) is 0 Å². The first kappa shape index (κ1) is 13.0. The van der Waals surface area contributed by atoms with E-state index in [1.54, 1.807) is 0 Å². The lowest BCUT2D eigenvalue weighted by Crippen LogP contribution is -2.39. The first-order valence-electron chi connectivity index (χ1n) is 7.11. The molecule has 1 spiro atoms. The highest BCUT2D eigenvalue weighted by Crippen LogP contribution is 2.50. The first-order chi connectivity index (χ1) is 10.2. The Bertz CT molecular complexity index is 713. The number of carbonyl (C=O) groups is 1. The molecule has 0 aliphatic carbocycles. The van der Waals surface area contributed by atoms with Crippen molar-refractivity contribution >= 4 is 27.5 Å². The van der Waals surface area contributed by atoms with Gasteiger partial charge in [0.15, 0.2) is 0 Å². The summed E-state index contributed by atoms with van der Waals surface area (Å²) in [5.74, 6) is 0.113. The van der Waals surface area contributed by atoms with E-state index in [9.17, 15) is 4.79 Å². The third-order valence-corrected chi connectivity index (χ3v) is 5.15. The third-order valence-electron chi connectivity index (χ3n) is 4.63. The number of nitrogens with one attached hydrogen (secondary N) is 2. The Morgan fingerprint density at radius 1 is 1.10 bits per heavy atom. The van der Waals surface area contributed by atoms with E-state index in [-0.39, 0.29) is 11.9 Å². The molecule has 2 aliphatic heterocycles. The normalized spacial score (nSPS) is 26.9. The zero-order chi connectivity index (χ0) is 14.4. The van der Waals surface area contributed by atoms with Crippen LogP contribution < -0.4 is 10.6 Å². The van der Waals surface area contributed by atoms with Crippen molar-refractivity contribution in [2.45, 2.75) is 17.9 Å². The van der Waals surface area contributed by atoms with Gasteiger partial charge in [-0.3, -0.25) is 4.79 Å². The zero-order valence-corrected chi connectivity index (χ0v) is 13.0. The maximum Gasteiger partial charge on any atom is 0.237 e. The summed E-state index contributed by atoms with van der Waals surface area (Å²) in [6.45, 7) is 0.850. The van der Waals surface area contributed by atoms with Crippen LogP contribution in [-0.4, -0.2) is 12.5 Å². The van der Waals surface area contributed by atoms with E-state index < -0.39 is 5.41 Å². The van der Waals surface area contributed by atoms with Crippen molar-refractivity contribution in [3.8, 4) is 0 Å². The van der Waals surface area contributed by atoms with Crippen LogP contribution in [0.25, 0.3) is 0 Å². The standard InChI is InChI=1S/C17H15BrN2O/c18-12-7-5-11(6-8-12)15-17(9-10-19-15)13-3-1-2-4-14(13)20-16(17)21/h1-8,15,19H,9-10H2,(H,20,21)/t15-,17+/m0/s1. The summed E-state index contributed by atoms with van der Waals surface area (Å²) in [5, 5.41) is 6.57. The highest BCUT2D eigenvalue weighted by Gasteiger charge is 2.55. The molecule has 1 fully saturated rings. The number of para-hydroxylation sites is 1. The van der Waals surface area contributed by atoms with Gasteiger partial charge >= 0.3 is 0 Å². The van der Waals surface area contributed by atoms with Crippen molar-refractivity contribution < 1.29 is 4.79 Å². The molecule has 3 nitrogen and oxygen atoms in total. The minimum absolute atomic E-state index is 0.0225. The first-order valence-corrected chi connectivity index (χ1v) is 7.91. The van der Waals surface area contributed by atoms with E-state index in [1.807, 2.05) is 30.3 Å². The van der Waals surface area contributed by atoms with Gasteiger partial charge in [-0.1, -0.05) is 46.3 Å². The van der Waals surface area contributed by atoms with Gasteiger partial charge < -0.3 is 10.6 Å². The molecular formula is C17H15BrN2O. The minimum atomic E-state index is -0.482. The van der Waals surface area contributed by atoms with Gasteiger partial charge in [0.2, 0.25) is 5.91 Å². The van der Waals surface area contributed by atoms with Crippen LogP contribution in [0.4, 0.5) is 5.69 Å². The topological polar surface area (TPSA) is 41.1 Å². The molecule has 1 amide bonds. The summed E-state index contributed by atoms with van der Waals surface area (Å²) in [6.07, 6.45) is 0.830. The van der Waals surface area contributed by atoms with Crippen LogP contribution in [0.1, 0.15) is 23.6 Å². The number of carbonyl (C=O) groups excluding carboxylic acids is 1. The lowest BCUT2D eigenvalue weighted by Gasteiger charge is -2.29. The third kappa shape index (κ3) is 1.79. The average Bonchev–Trinajstić information content (AvgIpc) is 3.05. The summed E-state index contributed by atoms with van der Waals surface area (Å²) >= 11 is 3.47. The van der Waals surface area contributed by atoms with Crippen molar-refractivity contribution in [2.24, 2.45) is 0 Å². The lowest BCUT2D eigenvalue weighted by molar-refractivity contribution is -0.121. The summed E-state index contributed by atoms with van der Waals surface area (Å²) in [4.78, 5) is 12.7. The maximum atomic E-state index is 12.7. The van der Waals surface area contributed by atoms with Crippen molar-refractivity contribution in [1.82, 2.24) is 5.32 Å². The molecule has 2 heterocycles. The fourth-order valence-electron chi connectivity index (χ4n) is 3.66. The monoisotopic (exact) mass is 342 g/mol. The molecule has 0 aromatic heterocycles. The number of rotatable bonds is 1. The van der Waals surface area contributed by atoms with Gasteiger partial charge in [0.1, 0.15) is 0 Å².